The van der Waals surface area contributed by atoms with E-state index in [9.17, 15) is 4.39 Å². The standard InChI is InChI=1S/C15H23ClFN/c1-4-7-11(3)15(18-10-5-2)12-8-6-9-13(16)14(12)17/h6,8-9,11,15,18H,4-5,7,10H2,1-3H3. The van der Waals surface area contributed by atoms with Crippen LogP contribution >= 0.6 is 11.6 Å². The monoisotopic (exact) mass is 271 g/mol. The number of halogens is 2. The van der Waals surface area contributed by atoms with E-state index in [2.05, 4.69) is 26.1 Å². The molecule has 0 fully saturated rings. The molecule has 1 N–H and O–H groups in total. The first-order valence-corrected chi connectivity index (χ1v) is 7.16. The average Bonchev–Trinajstić information content (AvgIpc) is 2.35. The van der Waals surface area contributed by atoms with Gasteiger partial charge in [0.2, 0.25) is 0 Å². The lowest BCUT2D eigenvalue weighted by Crippen LogP contribution is -2.28. The zero-order valence-electron chi connectivity index (χ0n) is 11.5. The van der Waals surface area contributed by atoms with Gasteiger partial charge in [-0.3, -0.25) is 0 Å². The summed E-state index contributed by atoms with van der Waals surface area (Å²) in [6, 6.07) is 5.30. The second-order valence-corrected chi connectivity index (χ2v) is 5.25. The molecule has 1 rings (SSSR count). The maximum Gasteiger partial charge on any atom is 0.146 e. The van der Waals surface area contributed by atoms with Gasteiger partial charge in [0.1, 0.15) is 5.82 Å². The van der Waals surface area contributed by atoms with Gasteiger partial charge < -0.3 is 5.32 Å². The number of hydrogen-bond acceptors (Lipinski definition) is 1. The summed E-state index contributed by atoms with van der Waals surface area (Å²) in [4.78, 5) is 0. The van der Waals surface area contributed by atoms with Gasteiger partial charge in [0.05, 0.1) is 5.02 Å². The van der Waals surface area contributed by atoms with Crippen molar-refractivity contribution in [3.05, 3.63) is 34.6 Å². The summed E-state index contributed by atoms with van der Waals surface area (Å²) in [6.45, 7) is 7.33. The molecule has 0 amide bonds. The topological polar surface area (TPSA) is 12.0 Å². The molecule has 2 atom stereocenters. The third-order valence-electron chi connectivity index (χ3n) is 3.24. The number of rotatable bonds is 7. The summed E-state index contributed by atoms with van der Waals surface area (Å²) in [5, 5.41) is 3.65. The minimum Gasteiger partial charge on any atom is -0.310 e. The van der Waals surface area contributed by atoms with Crippen LogP contribution in [0.4, 0.5) is 4.39 Å². The van der Waals surface area contributed by atoms with Crippen LogP contribution < -0.4 is 5.32 Å². The first-order chi connectivity index (χ1) is 8.61. The van der Waals surface area contributed by atoms with Gasteiger partial charge in [-0.1, -0.05) is 50.9 Å². The molecule has 0 saturated carbocycles. The Morgan fingerprint density at radius 2 is 2.00 bits per heavy atom. The molecule has 3 heteroatoms. The number of nitrogens with one attached hydrogen (secondary N) is 1. The fourth-order valence-corrected chi connectivity index (χ4v) is 2.48. The molecule has 18 heavy (non-hydrogen) atoms. The Labute approximate surface area is 115 Å². The molecule has 0 aliphatic rings. The quantitative estimate of drug-likeness (QED) is 0.739. The van der Waals surface area contributed by atoms with Gasteiger partial charge in [-0.05, 0) is 31.4 Å². The first-order valence-electron chi connectivity index (χ1n) is 6.79. The summed E-state index contributed by atoms with van der Waals surface area (Å²) in [5.41, 5.74) is 0.692. The summed E-state index contributed by atoms with van der Waals surface area (Å²) in [5.74, 6) is 0.116. The van der Waals surface area contributed by atoms with Crippen molar-refractivity contribution in [3.63, 3.8) is 0 Å². The molecule has 0 saturated heterocycles. The van der Waals surface area contributed by atoms with E-state index in [0.29, 0.717) is 11.5 Å². The van der Waals surface area contributed by atoms with Crippen molar-refractivity contribution < 1.29 is 4.39 Å². The molecule has 0 aromatic heterocycles. The van der Waals surface area contributed by atoms with Crippen molar-refractivity contribution in [2.24, 2.45) is 5.92 Å². The van der Waals surface area contributed by atoms with E-state index in [1.54, 1.807) is 6.07 Å². The van der Waals surface area contributed by atoms with Crippen LogP contribution in [0.1, 0.15) is 51.6 Å². The van der Waals surface area contributed by atoms with E-state index in [4.69, 9.17) is 11.6 Å². The van der Waals surface area contributed by atoms with Crippen LogP contribution in [0.2, 0.25) is 5.02 Å². The molecular formula is C15H23ClFN. The van der Waals surface area contributed by atoms with Crippen molar-refractivity contribution in [1.29, 1.82) is 0 Å². The van der Waals surface area contributed by atoms with E-state index < -0.39 is 0 Å². The highest BCUT2D eigenvalue weighted by atomic mass is 35.5. The van der Waals surface area contributed by atoms with Crippen LogP contribution in [0, 0.1) is 11.7 Å². The summed E-state index contributed by atoms with van der Waals surface area (Å²) in [6.07, 6.45) is 3.22. The Morgan fingerprint density at radius 1 is 1.28 bits per heavy atom. The Hall–Kier alpha value is -0.600. The minimum absolute atomic E-state index is 0.0450. The molecule has 0 heterocycles. The molecule has 0 radical (unpaired) electrons. The highest BCUT2D eigenvalue weighted by molar-refractivity contribution is 6.30. The Bertz CT molecular complexity index is 368. The molecule has 1 nitrogen and oxygen atoms in total. The fraction of sp³-hybridized carbons (Fsp3) is 0.600. The third kappa shape index (κ3) is 3.96. The second-order valence-electron chi connectivity index (χ2n) is 4.84. The van der Waals surface area contributed by atoms with Crippen molar-refractivity contribution in [1.82, 2.24) is 5.32 Å². The molecule has 0 spiro atoms. The lowest BCUT2D eigenvalue weighted by atomic mass is 9.90. The van der Waals surface area contributed by atoms with Gasteiger partial charge in [0.25, 0.3) is 0 Å². The van der Waals surface area contributed by atoms with Gasteiger partial charge >= 0.3 is 0 Å². The Morgan fingerprint density at radius 3 is 2.61 bits per heavy atom. The first kappa shape index (κ1) is 15.5. The maximum absolute atomic E-state index is 14.1. The van der Waals surface area contributed by atoms with Gasteiger partial charge in [0.15, 0.2) is 0 Å². The smallest absolute Gasteiger partial charge is 0.146 e. The Balaban J connectivity index is 2.97. The highest BCUT2D eigenvalue weighted by Gasteiger charge is 2.22. The average molecular weight is 272 g/mol. The van der Waals surface area contributed by atoms with Gasteiger partial charge in [-0.25, -0.2) is 4.39 Å². The van der Waals surface area contributed by atoms with Crippen LogP contribution in [-0.2, 0) is 0 Å². The normalized spacial score (nSPS) is 14.5. The molecule has 0 bridgehead atoms. The Kier molecular flexibility index (Phi) is 6.66. The van der Waals surface area contributed by atoms with Crippen molar-refractivity contribution in [2.75, 3.05) is 6.54 Å². The van der Waals surface area contributed by atoms with Gasteiger partial charge in [-0.15, -0.1) is 0 Å². The predicted molar refractivity (Wildman–Crippen MR) is 76.5 cm³/mol. The van der Waals surface area contributed by atoms with Crippen molar-refractivity contribution in [2.45, 2.75) is 46.1 Å². The molecule has 2 unspecified atom stereocenters. The van der Waals surface area contributed by atoms with Crippen LogP contribution in [-0.4, -0.2) is 6.54 Å². The molecule has 0 aliphatic carbocycles. The lowest BCUT2D eigenvalue weighted by molar-refractivity contribution is 0.353. The zero-order valence-corrected chi connectivity index (χ0v) is 12.2. The van der Waals surface area contributed by atoms with Crippen LogP contribution in [0.25, 0.3) is 0 Å². The largest absolute Gasteiger partial charge is 0.310 e. The third-order valence-corrected chi connectivity index (χ3v) is 3.54. The predicted octanol–water partition coefficient (Wildman–Crippen LogP) is 4.96. The van der Waals surface area contributed by atoms with E-state index in [-0.39, 0.29) is 16.9 Å². The summed E-state index contributed by atoms with van der Waals surface area (Å²) >= 11 is 5.87. The summed E-state index contributed by atoms with van der Waals surface area (Å²) < 4.78 is 14.1. The van der Waals surface area contributed by atoms with E-state index in [0.717, 1.165) is 25.8 Å². The highest BCUT2D eigenvalue weighted by Crippen LogP contribution is 2.30. The van der Waals surface area contributed by atoms with E-state index >= 15 is 0 Å². The second kappa shape index (κ2) is 7.75. The van der Waals surface area contributed by atoms with Crippen molar-refractivity contribution in [3.8, 4) is 0 Å². The van der Waals surface area contributed by atoms with E-state index in [1.165, 1.54) is 0 Å². The SMILES string of the molecule is CCCNC(c1cccc(Cl)c1F)C(C)CCC. The van der Waals surface area contributed by atoms with Crippen LogP contribution in [0.3, 0.4) is 0 Å². The summed E-state index contributed by atoms with van der Waals surface area (Å²) in [7, 11) is 0. The fourth-order valence-electron chi connectivity index (χ4n) is 2.30. The lowest BCUT2D eigenvalue weighted by Gasteiger charge is -2.26. The van der Waals surface area contributed by atoms with Gasteiger partial charge in [0, 0.05) is 11.6 Å². The van der Waals surface area contributed by atoms with Crippen LogP contribution in [0.15, 0.2) is 18.2 Å². The van der Waals surface area contributed by atoms with Crippen LogP contribution in [0.5, 0.6) is 0 Å². The molecule has 102 valence electrons. The van der Waals surface area contributed by atoms with E-state index in [1.807, 2.05) is 12.1 Å². The van der Waals surface area contributed by atoms with Gasteiger partial charge in [-0.2, -0.15) is 0 Å². The maximum atomic E-state index is 14.1. The number of hydrogen-bond donors (Lipinski definition) is 1. The van der Waals surface area contributed by atoms with Crippen molar-refractivity contribution >= 4 is 11.6 Å². The molecule has 0 aliphatic heterocycles. The molecule has 1 aromatic rings. The minimum atomic E-state index is -0.282. The molecular weight excluding hydrogens is 249 g/mol. The molecule has 1 aromatic carbocycles. The number of benzene rings is 1. The zero-order chi connectivity index (χ0) is 13.5.